The zero-order valence-electron chi connectivity index (χ0n) is 7.87. The van der Waals surface area contributed by atoms with E-state index in [1.165, 1.54) is 5.56 Å². The molecular formula is C12H10ClN. The van der Waals surface area contributed by atoms with Gasteiger partial charge in [-0.2, -0.15) is 0 Å². The minimum atomic E-state index is 0.669. The van der Waals surface area contributed by atoms with Gasteiger partial charge in [-0.15, -0.1) is 0 Å². The highest BCUT2D eigenvalue weighted by Gasteiger charge is 2.01. The van der Waals surface area contributed by atoms with Gasteiger partial charge in [0, 0.05) is 11.8 Å². The van der Waals surface area contributed by atoms with E-state index in [-0.39, 0.29) is 0 Å². The van der Waals surface area contributed by atoms with E-state index in [2.05, 4.69) is 24.0 Å². The van der Waals surface area contributed by atoms with Crippen molar-refractivity contribution in [2.24, 2.45) is 0 Å². The summed E-state index contributed by atoms with van der Waals surface area (Å²) in [6.07, 6.45) is 1.67. The number of nitrogens with zero attached hydrogens (tertiary/aromatic N) is 1. The fraction of sp³-hybridized carbons (Fsp3) is 0.0833. The largest absolute Gasteiger partial charge is 0.255 e. The maximum atomic E-state index is 5.78. The van der Waals surface area contributed by atoms with Gasteiger partial charge in [0.1, 0.15) is 0 Å². The van der Waals surface area contributed by atoms with E-state index in [1.54, 1.807) is 6.20 Å². The van der Waals surface area contributed by atoms with Crippen LogP contribution >= 0.6 is 11.6 Å². The number of benzene rings is 1. The highest BCUT2D eigenvalue weighted by molar-refractivity contribution is 6.30. The first kappa shape index (κ1) is 9.22. The van der Waals surface area contributed by atoms with Crippen molar-refractivity contribution in [2.75, 3.05) is 0 Å². The third kappa shape index (κ3) is 1.78. The fourth-order valence-corrected chi connectivity index (χ4v) is 1.51. The lowest BCUT2D eigenvalue weighted by molar-refractivity contribution is 1.31. The van der Waals surface area contributed by atoms with Crippen LogP contribution < -0.4 is 0 Å². The summed E-state index contributed by atoms with van der Waals surface area (Å²) in [5, 5.41) is 0.669. The average Bonchev–Trinajstić information content (AvgIpc) is 2.20. The molecular weight excluding hydrogens is 194 g/mol. The predicted molar refractivity (Wildman–Crippen MR) is 59.4 cm³/mol. The zero-order valence-corrected chi connectivity index (χ0v) is 8.62. The molecule has 0 saturated heterocycles. The average molecular weight is 204 g/mol. The van der Waals surface area contributed by atoms with E-state index in [1.807, 2.05) is 24.3 Å². The van der Waals surface area contributed by atoms with Gasteiger partial charge in [0.2, 0.25) is 0 Å². The van der Waals surface area contributed by atoms with Crippen LogP contribution in [0.1, 0.15) is 5.56 Å². The molecule has 0 saturated carbocycles. The Hall–Kier alpha value is -1.34. The highest BCUT2D eigenvalue weighted by Crippen LogP contribution is 2.21. The summed E-state index contributed by atoms with van der Waals surface area (Å²) in [5.74, 6) is 0. The van der Waals surface area contributed by atoms with Crippen molar-refractivity contribution in [1.29, 1.82) is 0 Å². The third-order valence-corrected chi connectivity index (χ3v) is 2.37. The van der Waals surface area contributed by atoms with Gasteiger partial charge in [0.25, 0.3) is 0 Å². The Balaban J connectivity index is 2.50. The Kier molecular flexibility index (Phi) is 2.51. The summed E-state index contributed by atoms with van der Waals surface area (Å²) >= 11 is 5.78. The molecule has 1 nitrogen and oxygen atoms in total. The molecule has 0 unspecified atom stereocenters. The van der Waals surface area contributed by atoms with Crippen LogP contribution in [0.5, 0.6) is 0 Å². The van der Waals surface area contributed by atoms with Crippen LogP contribution in [0.15, 0.2) is 42.6 Å². The van der Waals surface area contributed by atoms with Crippen molar-refractivity contribution in [1.82, 2.24) is 4.98 Å². The van der Waals surface area contributed by atoms with Gasteiger partial charge in [-0.3, -0.25) is 4.98 Å². The van der Waals surface area contributed by atoms with Crippen LogP contribution in [-0.4, -0.2) is 4.98 Å². The third-order valence-electron chi connectivity index (χ3n) is 2.15. The lowest BCUT2D eigenvalue weighted by Gasteiger charge is -2.03. The van der Waals surface area contributed by atoms with Crippen molar-refractivity contribution in [2.45, 2.75) is 6.92 Å². The number of aromatic nitrogens is 1. The van der Waals surface area contributed by atoms with Gasteiger partial charge in [0.15, 0.2) is 0 Å². The Morgan fingerprint density at radius 1 is 1.07 bits per heavy atom. The Morgan fingerprint density at radius 2 is 1.86 bits per heavy atom. The van der Waals surface area contributed by atoms with Crippen molar-refractivity contribution >= 4 is 11.6 Å². The minimum Gasteiger partial charge on any atom is -0.255 e. The van der Waals surface area contributed by atoms with E-state index >= 15 is 0 Å². The first-order valence-corrected chi connectivity index (χ1v) is 4.83. The summed E-state index contributed by atoms with van der Waals surface area (Å²) in [6, 6.07) is 12.0. The number of rotatable bonds is 1. The SMILES string of the molecule is Cc1ccccc1-c1ccc(Cl)cn1. The molecule has 14 heavy (non-hydrogen) atoms. The summed E-state index contributed by atoms with van der Waals surface area (Å²) in [7, 11) is 0. The predicted octanol–water partition coefficient (Wildman–Crippen LogP) is 3.71. The molecule has 1 heterocycles. The van der Waals surface area contributed by atoms with Crippen LogP contribution in [-0.2, 0) is 0 Å². The van der Waals surface area contributed by atoms with Gasteiger partial charge in [-0.25, -0.2) is 0 Å². The molecule has 1 aromatic heterocycles. The van der Waals surface area contributed by atoms with Crippen molar-refractivity contribution in [3.63, 3.8) is 0 Å². The van der Waals surface area contributed by atoms with Gasteiger partial charge < -0.3 is 0 Å². The van der Waals surface area contributed by atoms with Crippen LogP contribution in [0, 0.1) is 6.92 Å². The van der Waals surface area contributed by atoms with E-state index in [9.17, 15) is 0 Å². The second kappa shape index (κ2) is 3.81. The minimum absolute atomic E-state index is 0.669. The van der Waals surface area contributed by atoms with E-state index in [0.717, 1.165) is 11.3 Å². The summed E-state index contributed by atoms with van der Waals surface area (Å²) in [5.41, 5.74) is 3.35. The summed E-state index contributed by atoms with van der Waals surface area (Å²) < 4.78 is 0. The molecule has 0 atom stereocenters. The second-order valence-electron chi connectivity index (χ2n) is 3.18. The van der Waals surface area contributed by atoms with E-state index in [4.69, 9.17) is 11.6 Å². The molecule has 0 bridgehead atoms. The lowest BCUT2D eigenvalue weighted by Crippen LogP contribution is -1.85. The van der Waals surface area contributed by atoms with Crippen LogP contribution in [0.2, 0.25) is 5.02 Å². The molecule has 0 spiro atoms. The fourth-order valence-electron chi connectivity index (χ4n) is 1.40. The molecule has 0 aliphatic carbocycles. The van der Waals surface area contributed by atoms with Gasteiger partial charge in [0.05, 0.1) is 10.7 Å². The molecule has 0 radical (unpaired) electrons. The number of pyridine rings is 1. The molecule has 2 heteroatoms. The summed E-state index contributed by atoms with van der Waals surface area (Å²) in [4.78, 5) is 4.28. The number of aryl methyl sites for hydroxylation is 1. The number of hydrogen-bond donors (Lipinski definition) is 0. The van der Waals surface area contributed by atoms with Gasteiger partial charge in [-0.05, 0) is 24.6 Å². The Morgan fingerprint density at radius 3 is 2.50 bits per heavy atom. The van der Waals surface area contributed by atoms with E-state index < -0.39 is 0 Å². The van der Waals surface area contributed by atoms with Crippen LogP contribution in [0.4, 0.5) is 0 Å². The van der Waals surface area contributed by atoms with Crippen LogP contribution in [0.25, 0.3) is 11.3 Å². The van der Waals surface area contributed by atoms with Gasteiger partial charge in [-0.1, -0.05) is 35.9 Å². The molecule has 0 fully saturated rings. The van der Waals surface area contributed by atoms with Crippen molar-refractivity contribution in [3.8, 4) is 11.3 Å². The Labute approximate surface area is 88.4 Å². The Bertz CT molecular complexity index is 434. The second-order valence-corrected chi connectivity index (χ2v) is 3.61. The molecule has 2 rings (SSSR count). The zero-order chi connectivity index (χ0) is 9.97. The number of halogens is 1. The monoisotopic (exact) mass is 203 g/mol. The first-order chi connectivity index (χ1) is 6.77. The molecule has 0 amide bonds. The molecule has 0 N–H and O–H groups in total. The normalized spacial score (nSPS) is 10.1. The maximum Gasteiger partial charge on any atom is 0.0705 e. The van der Waals surface area contributed by atoms with Crippen molar-refractivity contribution in [3.05, 3.63) is 53.2 Å². The summed E-state index contributed by atoms with van der Waals surface area (Å²) in [6.45, 7) is 2.08. The topological polar surface area (TPSA) is 12.9 Å². The van der Waals surface area contributed by atoms with Gasteiger partial charge >= 0.3 is 0 Å². The van der Waals surface area contributed by atoms with Crippen LogP contribution in [0.3, 0.4) is 0 Å². The molecule has 1 aromatic carbocycles. The lowest BCUT2D eigenvalue weighted by atomic mass is 10.1. The molecule has 0 aliphatic heterocycles. The molecule has 0 aliphatic rings. The molecule has 2 aromatic rings. The quantitative estimate of drug-likeness (QED) is 0.689. The highest BCUT2D eigenvalue weighted by atomic mass is 35.5. The maximum absolute atomic E-state index is 5.78. The number of hydrogen-bond acceptors (Lipinski definition) is 1. The van der Waals surface area contributed by atoms with E-state index in [0.29, 0.717) is 5.02 Å². The first-order valence-electron chi connectivity index (χ1n) is 4.45. The molecule has 70 valence electrons. The van der Waals surface area contributed by atoms with Crippen molar-refractivity contribution < 1.29 is 0 Å². The standard InChI is InChI=1S/C12H10ClN/c1-9-4-2-3-5-11(9)12-7-6-10(13)8-14-12/h2-8H,1H3. The smallest absolute Gasteiger partial charge is 0.0705 e.